The van der Waals surface area contributed by atoms with E-state index in [1.165, 1.54) is 0 Å². The molecule has 0 fully saturated rings. The molecule has 0 saturated heterocycles. The first-order chi connectivity index (χ1) is 9.55. The van der Waals surface area contributed by atoms with Gasteiger partial charge in [-0.25, -0.2) is 0 Å². The van der Waals surface area contributed by atoms with Gasteiger partial charge in [0.2, 0.25) is 0 Å². The van der Waals surface area contributed by atoms with Crippen LogP contribution in [0.5, 0.6) is 0 Å². The second kappa shape index (κ2) is 6.22. The Morgan fingerprint density at radius 2 is 1.95 bits per heavy atom. The molecule has 0 amide bonds. The van der Waals surface area contributed by atoms with Gasteiger partial charge in [0.25, 0.3) is 0 Å². The van der Waals surface area contributed by atoms with E-state index in [4.69, 9.17) is 5.73 Å². The van der Waals surface area contributed by atoms with Crippen LogP contribution in [-0.4, -0.2) is 19.6 Å². The van der Waals surface area contributed by atoms with Crippen LogP contribution in [0.3, 0.4) is 0 Å². The zero-order valence-corrected chi connectivity index (χ0v) is 12.9. The topological polar surface area (TPSA) is 61.7 Å². The van der Waals surface area contributed by atoms with Crippen LogP contribution >= 0.6 is 0 Å². The highest BCUT2D eigenvalue weighted by Gasteiger charge is 2.15. The van der Waals surface area contributed by atoms with Gasteiger partial charge in [0.15, 0.2) is 0 Å². The van der Waals surface area contributed by atoms with E-state index in [0.717, 1.165) is 36.3 Å². The van der Waals surface area contributed by atoms with E-state index >= 15 is 0 Å². The third kappa shape index (κ3) is 3.10. The minimum Gasteiger partial charge on any atom is -0.322 e. The third-order valence-corrected chi connectivity index (χ3v) is 3.83. The lowest BCUT2D eigenvalue weighted by Gasteiger charge is -2.13. The third-order valence-electron chi connectivity index (χ3n) is 3.83. The molecule has 2 heterocycles. The fourth-order valence-corrected chi connectivity index (χ4v) is 2.66. The molecular weight excluding hydrogens is 250 g/mol. The van der Waals surface area contributed by atoms with Crippen molar-refractivity contribution in [1.29, 1.82) is 0 Å². The molecule has 2 rings (SSSR count). The first-order valence-corrected chi connectivity index (χ1v) is 7.35. The van der Waals surface area contributed by atoms with E-state index in [9.17, 15) is 0 Å². The average Bonchev–Trinajstić information content (AvgIpc) is 2.98. The Morgan fingerprint density at radius 3 is 2.50 bits per heavy atom. The van der Waals surface area contributed by atoms with E-state index in [1.54, 1.807) is 0 Å². The summed E-state index contributed by atoms with van der Waals surface area (Å²) in [6, 6.07) is 4.54. The summed E-state index contributed by atoms with van der Waals surface area (Å²) in [7, 11) is 1.94. The van der Waals surface area contributed by atoms with Crippen molar-refractivity contribution in [2.45, 2.75) is 52.1 Å². The van der Waals surface area contributed by atoms with E-state index in [-0.39, 0.29) is 6.04 Å². The van der Waals surface area contributed by atoms with Gasteiger partial charge in [0, 0.05) is 19.7 Å². The van der Waals surface area contributed by atoms with Gasteiger partial charge in [-0.1, -0.05) is 13.8 Å². The maximum Gasteiger partial charge on any atom is 0.0644 e. The molecule has 0 spiro atoms. The molecule has 0 aliphatic carbocycles. The van der Waals surface area contributed by atoms with E-state index < -0.39 is 0 Å². The Labute approximate surface area is 120 Å². The summed E-state index contributed by atoms with van der Waals surface area (Å²) in [4.78, 5) is 0. The molecule has 2 N–H and O–H groups in total. The van der Waals surface area contributed by atoms with Crippen LogP contribution in [0, 0.1) is 6.92 Å². The van der Waals surface area contributed by atoms with Crippen LogP contribution in [0.1, 0.15) is 55.9 Å². The first kappa shape index (κ1) is 14.8. The van der Waals surface area contributed by atoms with Crippen LogP contribution < -0.4 is 5.73 Å². The van der Waals surface area contributed by atoms with Gasteiger partial charge in [-0.2, -0.15) is 10.2 Å². The predicted molar refractivity (Wildman–Crippen MR) is 80.4 cm³/mol. The SMILES string of the molecule is CCC(CC)n1ccc(CC(N)c2cc(C)nn2C)n1. The Morgan fingerprint density at radius 1 is 1.25 bits per heavy atom. The Bertz CT molecular complexity index is 550. The monoisotopic (exact) mass is 275 g/mol. The zero-order chi connectivity index (χ0) is 14.7. The minimum absolute atomic E-state index is 0.0637. The molecule has 110 valence electrons. The van der Waals surface area contributed by atoms with Crippen LogP contribution in [-0.2, 0) is 13.5 Å². The standard InChI is InChI=1S/C15H25N5/c1-5-13(6-2)20-8-7-12(18-20)10-14(16)15-9-11(3)17-19(15)4/h7-9,13-14H,5-6,10,16H2,1-4H3. The Balaban J connectivity index is 2.08. The number of aromatic nitrogens is 4. The molecule has 20 heavy (non-hydrogen) atoms. The summed E-state index contributed by atoms with van der Waals surface area (Å²) in [5.41, 5.74) is 9.38. The average molecular weight is 275 g/mol. The van der Waals surface area contributed by atoms with Gasteiger partial charge in [-0.05, 0) is 31.9 Å². The van der Waals surface area contributed by atoms with Gasteiger partial charge >= 0.3 is 0 Å². The summed E-state index contributed by atoms with van der Waals surface area (Å²) in [5, 5.41) is 9.01. The van der Waals surface area contributed by atoms with Crippen LogP contribution in [0.15, 0.2) is 18.3 Å². The molecule has 1 unspecified atom stereocenters. The number of rotatable bonds is 6. The van der Waals surface area contributed by atoms with Crippen molar-refractivity contribution < 1.29 is 0 Å². The van der Waals surface area contributed by atoms with Crippen molar-refractivity contribution in [3.63, 3.8) is 0 Å². The molecule has 0 aliphatic rings. The maximum atomic E-state index is 6.28. The van der Waals surface area contributed by atoms with Gasteiger partial charge in [-0.15, -0.1) is 0 Å². The van der Waals surface area contributed by atoms with Crippen LogP contribution in [0.25, 0.3) is 0 Å². The highest BCUT2D eigenvalue weighted by molar-refractivity contribution is 5.15. The normalized spacial score (nSPS) is 13.1. The molecular formula is C15H25N5. The van der Waals surface area contributed by atoms with Gasteiger partial charge in [-0.3, -0.25) is 9.36 Å². The zero-order valence-electron chi connectivity index (χ0n) is 12.9. The van der Waals surface area contributed by atoms with Crippen molar-refractivity contribution in [2.75, 3.05) is 0 Å². The van der Waals surface area contributed by atoms with Crippen molar-refractivity contribution >= 4 is 0 Å². The lowest BCUT2D eigenvalue weighted by Crippen LogP contribution is -2.17. The van der Waals surface area contributed by atoms with Crippen molar-refractivity contribution in [3.8, 4) is 0 Å². The van der Waals surface area contributed by atoms with Crippen LogP contribution in [0.4, 0.5) is 0 Å². The molecule has 0 aromatic carbocycles. The van der Waals surface area contributed by atoms with Crippen molar-refractivity contribution in [1.82, 2.24) is 19.6 Å². The van der Waals surface area contributed by atoms with Gasteiger partial charge in [0.05, 0.1) is 29.2 Å². The highest BCUT2D eigenvalue weighted by Crippen LogP contribution is 2.18. The molecule has 0 aliphatic heterocycles. The number of hydrogen-bond donors (Lipinski definition) is 1. The lowest BCUT2D eigenvalue weighted by atomic mass is 10.1. The van der Waals surface area contributed by atoms with Crippen molar-refractivity contribution in [2.24, 2.45) is 12.8 Å². The Kier molecular flexibility index (Phi) is 4.60. The lowest BCUT2D eigenvalue weighted by molar-refractivity contribution is 0.424. The van der Waals surface area contributed by atoms with Crippen LogP contribution in [0.2, 0.25) is 0 Å². The molecule has 1 atom stereocenters. The summed E-state index contributed by atoms with van der Waals surface area (Å²) in [5.74, 6) is 0. The minimum atomic E-state index is -0.0637. The second-order valence-corrected chi connectivity index (χ2v) is 5.40. The number of nitrogens with zero attached hydrogens (tertiary/aromatic N) is 4. The smallest absolute Gasteiger partial charge is 0.0644 e. The summed E-state index contributed by atoms with van der Waals surface area (Å²) >= 11 is 0. The molecule has 2 aromatic rings. The molecule has 5 nitrogen and oxygen atoms in total. The van der Waals surface area contributed by atoms with E-state index in [0.29, 0.717) is 6.04 Å². The van der Waals surface area contributed by atoms with E-state index in [1.807, 2.05) is 24.7 Å². The summed E-state index contributed by atoms with van der Waals surface area (Å²) in [6.07, 6.45) is 5.01. The van der Waals surface area contributed by atoms with Gasteiger partial charge in [0.1, 0.15) is 0 Å². The quantitative estimate of drug-likeness (QED) is 0.881. The number of hydrogen-bond acceptors (Lipinski definition) is 3. The molecule has 2 aromatic heterocycles. The largest absolute Gasteiger partial charge is 0.322 e. The predicted octanol–water partition coefficient (Wildman–Crippen LogP) is 2.53. The van der Waals surface area contributed by atoms with Crippen molar-refractivity contribution in [3.05, 3.63) is 35.4 Å². The number of aryl methyl sites for hydroxylation is 2. The molecule has 5 heteroatoms. The molecule has 0 bridgehead atoms. The summed E-state index contributed by atoms with van der Waals surface area (Å²) < 4.78 is 3.93. The fourth-order valence-electron chi connectivity index (χ4n) is 2.66. The highest BCUT2D eigenvalue weighted by atomic mass is 15.3. The molecule has 0 radical (unpaired) electrons. The summed E-state index contributed by atoms with van der Waals surface area (Å²) in [6.45, 7) is 6.37. The maximum absolute atomic E-state index is 6.28. The first-order valence-electron chi connectivity index (χ1n) is 7.35. The van der Waals surface area contributed by atoms with Gasteiger partial charge < -0.3 is 5.73 Å². The van der Waals surface area contributed by atoms with E-state index in [2.05, 4.69) is 41.0 Å². The fraction of sp³-hybridized carbons (Fsp3) is 0.600. The number of nitrogens with two attached hydrogens (primary N) is 1. The second-order valence-electron chi connectivity index (χ2n) is 5.40. The Hall–Kier alpha value is -1.62. The molecule has 0 saturated carbocycles.